The van der Waals surface area contributed by atoms with Gasteiger partial charge in [-0.2, -0.15) is 9.57 Å². The van der Waals surface area contributed by atoms with Gasteiger partial charge in [0, 0.05) is 50.1 Å². The third kappa shape index (κ3) is 8.39. The Morgan fingerprint density at radius 3 is 2.46 bits per heavy atom. The van der Waals surface area contributed by atoms with E-state index in [1.165, 1.54) is 41.6 Å². The van der Waals surface area contributed by atoms with Crippen LogP contribution >= 0.6 is 23.2 Å². The van der Waals surface area contributed by atoms with Crippen molar-refractivity contribution in [3.63, 3.8) is 0 Å². The minimum absolute atomic E-state index is 0.000704. The molecule has 50 heavy (non-hydrogen) atoms. The van der Waals surface area contributed by atoms with Gasteiger partial charge >= 0.3 is 5.97 Å². The number of likely N-dealkylation sites (tertiary alicyclic amines) is 1. The molecule has 2 N–H and O–H groups in total. The third-order valence-corrected chi connectivity index (χ3v) is 10.9. The smallest absolute Gasteiger partial charge is 0.328 e. The number of alkyl halides is 2. The van der Waals surface area contributed by atoms with Crippen LogP contribution < -0.4 is 10.6 Å². The summed E-state index contributed by atoms with van der Waals surface area (Å²) in [6, 6.07) is 10.2. The summed E-state index contributed by atoms with van der Waals surface area (Å²) in [7, 11) is -4.39. The van der Waals surface area contributed by atoms with Crippen molar-refractivity contribution in [1.82, 2.24) is 19.5 Å². The number of hydrogen-bond donors (Lipinski definition) is 2. The number of esters is 1. The van der Waals surface area contributed by atoms with E-state index in [-0.39, 0.29) is 58.6 Å². The van der Waals surface area contributed by atoms with Crippen LogP contribution in [0, 0.1) is 11.3 Å². The highest BCUT2D eigenvalue weighted by Gasteiger charge is 2.50. The number of anilines is 1. The van der Waals surface area contributed by atoms with Gasteiger partial charge in [0.2, 0.25) is 15.9 Å². The summed E-state index contributed by atoms with van der Waals surface area (Å²) in [5, 5.41) is 14.8. The number of nitrogens with one attached hydrogen (secondary N) is 2. The number of nitrogens with zero attached hydrogens (tertiary/aromatic N) is 4. The lowest BCUT2D eigenvalue weighted by Crippen LogP contribution is -2.51. The number of pyridine rings is 1. The van der Waals surface area contributed by atoms with Gasteiger partial charge in [-0.05, 0) is 49.2 Å². The highest BCUT2D eigenvalue weighted by molar-refractivity contribution is 7.89. The molecule has 1 aromatic heterocycles. The van der Waals surface area contributed by atoms with Gasteiger partial charge in [-0.15, -0.1) is 0 Å². The zero-order chi connectivity index (χ0) is 36.2. The van der Waals surface area contributed by atoms with Gasteiger partial charge < -0.3 is 15.4 Å². The fraction of sp³-hybridized carbons (Fsp3) is 0.364. The van der Waals surface area contributed by atoms with Crippen molar-refractivity contribution in [3.05, 3.63) is 87.7 Å². The first-order valence-electron chi connectivity index (χ1n) is 15.5. The van der Waals surface area contributed by atoms with Crippen LogP contribution in [0.5, 0.6) is 0 Å². The molecular formula is C33H32Cl2F2N6O6S. The summed E-state index contributed by atoms with van der Waals surface area (Å²) >= 11 is 12.2. The fourth-order valence-electron chi connectivity index (χ4n) is 5.97. The van der Waals surface area contributed by atoms with E-state index in [2.05, 4.69) is 15.6 Å². The predicted octanol–water partition coefficient (Wildman–Crippen LogP) is 4.28. The van der Waals surface area contributed by atoms with E-state index in [0.717, 1.165) is 4.31 Å². The zero-order valence-electron chi connectivity index (χ0n) is 26.6. The van der Waals surface area contributed by atoms with Gasteiger partial charge in [-0.25, -0.2) is 22.0 Å². The minimum atomic E-state index is -4.39. The summed E-state index contributed by atoms with van der Waals surface area (Å²) in [5.41, 5.74) is 1.06. The van der Waals surface area contributed by atoms with Crippen molar-refractivity contribution >= 4 is 56.7 Å². The number of rotatable bonds is 11. The maximum Gasteiger partial charge on any atom is 0.328 e. The third-order valence-electron chi connectivity index (χ3n) is 8.44. The number of carbonyl (C=O) groups excluding carboxylic acids is 3. The Morgan fingerprint density at radius 2 is 1.84 bits per heavy atom. The molecule has 2 amide bonds. The Balaban J connectivity index is 1.36. The van der Waals surface area contributed by atoms with E-state index >= 15 is 0 Å². The molecule has 264 valence electrons. The van der Waals surface area contributed by atoms with Gasteiger partial charge in [0.25, 0.3) is 11.8 Å². The second kappa shape index (κ2) is 15.4. The van der Waals surface area contributed by atoms with Gasteiger partial charge in [-0.1, -0.05) is 41.4 Å². The van der Waals surface area contributed by atoms with E-state index in [4.69, 9.17) is 27.9 Å². The zero-order valence-corrected chi connectivity index (χ0v) is 28.9. The Kier molecular flexibility index (Phi) is 11.4. The number of benzene rings is 2. The van der Waals surface area contributed by atoms with E-state index in [1.807, 2.05) is 6.07 Å². The summed E-state index contributed by atoms with van der Waals surface area (Å²) in [6.45, 7) is 0.788. The standard InChI is InChI=1S/C33H32Cl2F2N6O6S/c1-2-49-32(46)27(13-20-6-8-22(9-7-20)40-31(45)29-25(34)16-39-17-26(29)35)41-30(44)28-14-23(42-11-10-33(36,37)19-42)18-43(28)50(47,48)24-5-3-4-21(12-24)15-38/h3-9,12,16-17,23,27-28H,2,10-11,13-14,18-19H2,1H3,(H,40,45)(H,41,44)/t23-,27+,28+/m1/s1. The van der Waals surface area contributed by atoms with Crippen molar-refractivity contribution in [1.29, 1.82) is 5.26 Å². The van der Waals surface area contributed by atoms with Gasteiger partial charge in [0.1, 0.15) is 12.1 Å². The van der Waals surface area contributed by atoms with Gasteiger partial charge in [0.15, 0.2) is 0 Å². The maximum atomic E-state index is 14.2. The normalized spacial score (nSPS) is 19.8. The largest absolute Gasteiger partial charge is 0.464 e. The first-order chi connectivity index (χ1) is 23.7. The monoisotopic (exact) mass is 748 g/mol. The molecule has 5 rings (SSSR count). The molecule has 3 heterocycles. The number of aromatic nitrogens is 1. The van der Waals surface area contributed by atoms with Crippen LogP contribution in [0.2, 0.25) is 10.0 Å². The lowest BCUT2D eigenvalue weighted by molar-refractivity contribution is -0.147. The van der Waals surface area contributed by atoms with Crippen molar-refractivity contribution in [2.75, 3.05) is 31.6 Å². The molecule has 2 fully saturated rings. The van der Waals surface area contributed by atoms with Crippen LogP contribution in [0.3, 0.4) is 0 Å². The van der Waals surface area contributed by atoms with Crippen molar-refractivity contribution in [2.24, 2.45) is 0 Å². The second-order valence-electron chi connectivity index (χ2n) is 11.8. The quantitative estimate of drug-likeness (QED) is 0.273. The Hall–Kier alpha value is -4.20. The first kappa shape index (κ1) is 37.1. The number of ether oxygens (including phenoxy) is 1. The Labute approximate surface area is 297 Å². The molecule has 0 spiro atoms. The van der Waals surface area contributed by atoms with Crippen LogP contribution in [-0.4, -0.2) is 90.7 Å². The molecule has 2 aliphatic heterocycles. The van der Waals surface area contributed by atoms with Crippen LogP contribution in [0.1, 0.15) is 41.3 Å². The molecule has 12 nitrogen and oxygen atoms in total. The fourth-order valence-corrected chi connectivity index (χ4v) is 8.19. The molecule has 2 saturated heterocycles. The lowest BCUT2D eigenvalue weighted by Gasteiger charge is -2.25. The first-order valence-corrected chi connectivity index (χ1v) is 17.7. The molecule has 0 saturated carbocycles. The molecule has 0 aliphatic carbocycles. The maximum absolute atomic E-state index is 14.2. The van der Waals surface area contributed by atoms with Crippen molar-refractivity contribution < 1.29 is 36.3 Å². The van der Waals surface area contributed by atoms with E-state index in [0.29, 0.717) is 11.3 Å². The van der Waals surface area contributed by atoms with Crippen LogP contribution in [-0.2, 0) is 30.8 Å². The average Bonchev–Trinajstić information content (AvgIpc) is 3.69. The average molecular weight is 750 g/mol. The Bertz CT molecular complexity index is 1910. The van der Waals surface area contributed by atoms with Crippen LogP contribution in [0.4, 0.5) is 14.5 Å². The number of nitriles is 1. The van der Waals surface area contributed by atoms with E-state index in [1.54, 1.807) is 31.2 Å². The van der Waals surface area contributed by atoms with Crippen LogP contribution in [0.25, 0.3) is 0 Å². The lowest BCUT2D eigenvalue weighted by atomic mass is 10.0. The molecule has 17 heteroatoms. The second-order valence-corrected chi connectivity index (χ2v) is 14.5. The summed E-state index contributed by atoms with van der Waals surface area (Å²) in [4.78, 5) is 44.8. The number of hydrogen-bond acceptors (Lipinski definition) is 9. The molecule has 2 aliphatic rings. The summed E-state index contributed by atoms with van der Waals surface area (Å²) in [6.07, 6.45) is 2.01. The van der Waals surface area contributed by atoms with Gasteiger partial charge in [0.05, 0.1) is 45.3 Å². The number of halogens is 4. The minimum Gasteiger partial charge on any atom is -0.464 e. The highest BCUT2D eigenvalue weighted by atomic mass is 35.5. The molecule has 0 radical (unpaired) electrons. The molecule has 2 aromatic carbocycles. The molecule has 0 bridgehead atoms. The molecule has 3 aromatic rings. The number of sulfonamides is 1. The number of carbonyl (C=O) groups is 3. The SMILES string of the molecule is CCOC(=O)[C@H](Cc1ccc(NC(=O)c2c(Cl)cncc2Cl)cc1)NC(=O)[C@@H]1C[C@@H](N2CCC(F)(F)C2)CN1S(=O)(=O)c1cccc(C#N)c1. The number of amides is 2. The summed E-state index contributed by atoms with van der Waals surface area (Å²) < 4.78 is 62.2. The Morgan fingerprint density at radius 1 is 1.14 bits per heavy atom. The molecule has 0 unspecified atom stereocenters. The van der Waals surface area contributed by atoms with E-state index < -0.39 is 64.8 Å². The van der Waals surface area contributed by atoms with Crippen molar-refractivity contribution in [3.8, 4) is 6.07 Å². The predicted molar refractivity (Wildman–Crippen MR) is 179 cm³/mol. The van der Waals surface area contributed by atoms with Crippen LogP contribution in [0.15, 0.2) is 65.8 Å². The molecular weight excluding hydrogens is 717 g/mol. The van der Waals surface area contributed by atoms with Gasteiger partial charge in [-0.3, -0.25) is 19.5 Å². The molecule has 3 atom stereocenters. The summed E-state index contributed by atoms with van der Waals surface area (Å²) in [5.74, 6) is -5.10. The van der Waals surface area contributed by atoms with Crippen molar-refractivity contribution in [2.45, 2.75) is 55.1 Å². The topological polar surface area (TPSA) is 162 Å². The highest BCUT2D eigenvalue weighted by Crippen LogP contribution is 2.35. The van der Waals surface area contributed by atoms with E-state index in [9.17, 15) is 36.8 Å².